The first-order valence-electron chi connectivity index (χ1n) is 7.16. The van der Waals surface area contributed by atoms with Crippen molar-refractivity contribution in [1.29, 1.82) is 0 Å². The second-order valence-corrected chi connectivity index (χ2v) is 6.30. The summed E-state index contributed by atoms with van der Waals surface area (Å²) in [4.78, 5) is 25.5. The molecule has 2 amide bonds. The topological polar surface area (TPSA) is 49.4 Å². The summed E-state index contributed by atoms with van der Waals surface area (Å²) in [6.07, 6.45) is 0.0909. The van der Waals surface area contributed by atoms with Gasteiger partial charge in [-0.15, -0.1) is 0 Å². The number of nitrogens with zero attached hydrogens (tertiary/aromatic N) is 1. The standard InChI is InChI=1S/C17H15Cl3N2O2/c1-11(23)22(13-5-2-4-12(18)10-13)9-8-16(24)21-17-14(19)6-3-7-15(17)20/h2-7,10H,8-9H2,1H3,(H,21,24). The van der Waals surface area contributed by atoms with Crippen LogP contribution in [0.4, 0.5) is 11.4 Å². The van der Waals surface area contributed by atoms with E-state index in [9.17, 15) is 9.59 Å². The van der Waals surface area contributed by atoms with Gasteiger partial charge in [0.15, 0.2) is 0 Å². The highest BCUT2D eigenvalue weighted by Gasteiger charge is 2.15. The van der Waals surface area contributed by atoms with Crippen molar-refractivity contribution in [1.82, 2.24) is 0 Å². The molecule has 0 aromatic heterocycles. The summed E-state index contributed by atoms with van der Waals surface area (Å²) in [5, 5.41) is 3.90. The molecule has 0 saturated heterocycles. The van der Waals surface area contributed by atoms with Gasteiger partial charge in [-0.3, -0.25) is 9.59 Å². The summed E-state index contributed by atoms with van der Waals surface area (Å²) in [6.45, 7) is 1.65. The van der Waals surface area contributed by atoms with E-state index in [2.05, 4.69) is 5.32 Å². The molecule has 0 radical (unpaired) electrons. The molecule has 7 heteroatoms. The van der Waals surface area contributed by atoms with Crippen molar-refractivity contribution in [2.24, 2.45) is 0 Å². The van der Waals surface area contributed by atoms with Crippen molar-refractivity contribution >= 4 is 58.0 Å². The van der Waals surface area contributed by atoms with Gasteiger partial charge in [-0.2, -0.15) is 0 Å². The third-order valence-electron chi connectivity index (χ3n) is 3.29. The van der Waals surface area contributed by atoms with Crippen LogP contribution in [0.15, 0.2) is 42.5 Å². The van der Waals surface area contributed by atoms with E-state index in [1.165, 1.54) is 11.8 Å². The van der Waals surface area contributed by atoms with E-state index >= 15 is 0 Å². The average molecular weight is 386 g/mol. The van der Waals surface area contributed by atoms with Crippen LogP contribution in [0.1, 0.15) is 13.3 Å². The summed E-state index contributed by atoms with van der Waals surface area (Å²) < 4.78 is 0. The number of para-hydroxylation sites is 1. The Morgan fingerprint density at radius 1 is 1.04 bits per heavy atom. The highest BCUT2D eigenvalue weighted by Crippen LogP contribution is 2.30. The Kier molecular flexibility index (Phi) is 6.49. The Morgan fingerprint density at radius 3 is 2.25 bits per heavy atom. The van der Waals surface area contributed by atoms with Crippen molar-refractivity contribution < 1.29 is 9.59 Å². The van der Waals surface area contributed by atoms with E-state index in [1.807, 2.05) is 0 Å². The summed E-state index contributed by atoms with van der Waals surface area (Å²) >= 11 is 18.0. The zero-order chi connectivity index (χ0) is 17.7. The third-order valence-corrected chi connectivity index (χ3v) is 4.15. The van der Waals surface area contributed by atoms with E-state index in [1.54, 1.807) is 42.5 Å². The monoisotopic (exact) mass is 384 g/mol. The largest absolute Gasteiger partial charge is 0.323 e. The van der Waals surface area contributed by atoms with E-state index in [-0.39, 0.29) is 24.8 Å². The molecule has 0 bridgehead atoms. The number of halogens is 3. The Morgan fingerprint density at radius 2 is 1.67 bits per heavy atom. The summed E-state index contributed by atoms with van der Waals surface area (Å²) in [6, 6.07) is 11.9. The lowest BCUT2D eigenvalue weighted by Crippen LogP contribution is -2.32. The van der Waals surface area contributed by atoms with Gasteiger partial charge in [-0.25, -0.2) is 0 Å². The summed E-state index contributed by atoms with van der Waals surface area (Å²) in [5.41, 5.74) is 1.00. The fourth-order valence-corrected chi connectivity index (χ4v) is 2.82. The summed E-state index contributed by atoms with van der Waals surface area (Å²) in [5.74, 6) is -0.473. The minimum atomic E-state index is -0.293. The van der Waals surface area contributed by atoms with Crippen molar-refractivity contribution in [2.75, 3.05) is 16.8 Å². The minimum Gasteiger partial charge on any atom is -0.323 e. The first-order chi connectivity index (χ1) is 11.4. The van der Waals surface area contributed by atoms with Crippen LogP contribution in [-0.2, 0) is 9.59 Å². The lowest BCUT2D eigenvalue weighted by atomic mass is 10.2. The van der Waals surface area contributed by atoms with Crippen LogP contribution in [0.5, 0.6) is 0 Å². The highest BCUT2D eigenvalue weighted by molar-refractivity contribution is 6.39. The molecule has 0 saturated carbocycles. The molecule has 1 N–H and O–H groups in total. The van der Waals surface area contributed by atoms with Gasteiger partial charge < -0.3 is 10.2 Å². The molecule has 0 aliphatic carbocycles. The van der Waals surface area contributed by atoms with Gasteiger partial charge in [0.25, 0.3) is 0 Å². The number of carbonyl (C=O) groups excluding carboxylic acids is 2. The normalized spacial score (nSPS) is 10.3. The van der Waals surface area contributed by atoms with Gasteiger partial charge in [0.2, 0.25) is 11.8 Å². The zero-order valence-electron chi connectivity index (χ0n) is 12.9. The molecule has 2 aromatic rings. The molecular weight excluding hydrogens is 371 g/mol. The SMILES string of the molecule is CC(=O)N(CCC(=O)Nc1c(Cl)cccc1Cl)c1cccc(Cl)c1. The average Bonchev–Trinajstić information content (AvgIpc) is 2.51. The smallest absolute Gasteiger partial charge is 0.226 e. The van der Waals surface area contributed by atoms with Crippen LogP contribution in [0, 0.1) is 0 Å². The number of hydrogen-bond donors (Lipinski definition) is 1. The molecule has 4 nitrogen and oxygen atoms in total. The maximum atomic E-state index is 12.1. The molecule has 126 valence electrons. The Labute approximate surface area is 155 Å². The third kappa shape index (κ3) is 4.87. The van der Waals surface area contributed by atoms with Gasteiger partial charge in [-0.1, -0.05) is 46.9 Å². The number of nitrogens with one attached hydrogen (secondary N) is 1. The molecule has 0 spiro atoms. The highest BCUT2D eigenvalue weighted by atomic mass is 35.5. The van der Waals surface area contributed by atoms with E-state index in [0.717, 1.165) is 0 Å². The predicted octanol–water partition coefficient (Wildman–Crippen LogP) is 5.03. The fraction of sp³-hybridized carbons (Fsp3) is 0.176. The van der Waals surface area contributed by atoms with Crippen LogP contribution < -0.4 is 10.2 Å². The van der Waals surface area contributed by atoms with Crippen LogP contribution in [0.3, 0.4) is 0 Å². The molecule has 2 aromatic carbocycles. The van der Waals surface area contributed by atoms with E-state index in [0.29, 0.717) is 26.4 Å². The van der Waals surface area contributed by atoms with Gasteiger partial charge >= 0.3 is 0 Å². The molecule has 0 heterocycles. The molecule has 0 aliphatic rings. The lowest BCUT2D eigenvalue weighted by molar-refractivity contribution is -0.117. The zero-order valence-corrected chi connectivity index (χ0v) is 15.1. The van der Waals surface area contributed by atoms with Gasteiger partial charge in [0.1, 0.15) is 0 Å². The van der Waals surface area contributed by atoms with Gasteiger partial charge in [0, 0.05) is 30.6 Å². The predicted molar refractivity (Wildman–Crippen MR) is 99.2 cm³/mol. The number of hydrogen-bond acceptors (Lipinski definition) is 2. The molecule has 0 unspecified atom stereocenters. The molecule has 24 heavy (non-hydrogen) atoms. The minimum absolute atomic E-state index is 0.0909. The number of anilines is 2. The lowest BCUT2D eigenvalue weighted by Gasteiger charge is -2.21. The number of amides is 2. The quantitative estimate of drug-likeness (QED) is 0.785. The molecular formula is C17H15Cl3N2O2. The number of benzene rings is 2. The van der Waals surface area contributed by atoms with Crippen LogP contribution >= 0.6 is 34.8 Å². The molecule has 0 fully saturated rings. The number of carbonyl (C=O) groups is 2. The summed E-state index contributed by atoms with van der Waals surface area (Å²) in [7, 11) is 0. The van der Waals surface area contributed by atoms with Crippen molar-refractivity contribution in [3.63, 3.8) is 0 Å². The van der Waals surface area contributed by atoms with Crippen molar-refractivity contribution in [2.45, 2.75) is 13.3 Å². The van der Waals surface area contributed by atoms with Gasteiger partial charge in [-0.05, 0) is 30.3 Å². The second kappa shape index (κ2) is 8.38. The Balaban J connectivity index is 2.04. The number of rotatable bonds is 5. The van der Waals surface area contributed by atoms with E-state index < -0.39 is 0 Å². The fourth-order valence-electron chi connectivity index (χ4n) is 2.14. The maximum absolute atomic E-state index is 12.1. The molecule has 2 rings (SSSR count). The Bertz CT molecular complexity index is 745. The maximum Gasteiger partial charge on any atom is 0.226 e. The van der Waals surface area contributed by atoms with Crippen LogP contribution in [0.25, 0.3) is 0 Å². The molecule has 0 aliphatic heterocycles. The van der Waals surface area contributed by atoms with Crippen molar-refractivity contribution in [3.05, 3.63) is 57.5 Å². The van der Waals surface area contributed by atoms with Gasteiger partial charge in [0.05, 0.1) is 15.7 Å². The van der Waals surface area contributed by atoms with Crippen LogP contribution in [0.2, 0.25) is 15.1 Å². The van der Waals surface area contributed by atoms with Crippen LogP contribution in [-0.4, -0.2) is 18.4 Å². The second-order valence-electron chi connectivity index (χ2n) is 5.05. The molecule has 0 atom stereocenters. The first-order valence-corrected chi connectivity index (χ1v) is 8.29. The van der Waals surface area contributed by atoms with E-state index in [4.69, 9.17) is 34.8 Å². The first kappa shape index (κ1) is 18.6. The Hall–Kier alpha value is -1.75. The van der Waals surface area contributed by atoms with Crippen molar-refractivity contribution in [3.8, 4) is 0 Å².